The molecular formula is C33H37F4N3O7S. The molecule has 2 unspecified atom stereocenters. The number of ether oxygens (including phenoxy) is 3. The summed E-state index contributed by atoms with van der Waals surface area (Å²) in [6.07, 6.45) is -3.87. The van der Waals surface area contributed by atoms with Crippen LogP contribution in [0.1, 0.15) is 62.2 Å². The Hall–Kier alpha value is -3.79. The zero-order chi connectivity index (χ0) is 35.1. The van der Waals surface area contributed by atoms with Gasteiger partial charge in [-0.3, -0.25) is 4.79 Å². The summed E-state index contributed by atoms with van der Waals surface area (Å²) in [5, 5.41) is 22.7. The van der Waals surface area contributed by atoms with Crippen LogP contribution in [0.2, 0.25) is 0 Å². The van der Waals surface area contributed by atoms with Crippen LogP contribution in [0.4, 0.5) is 17.6 Å². The maximum Gasteiger partial charge on any atom is 0.424 e. The topological polar surface area (TPSA) is 139 Å². The standard InChI is InChI=1S/C33H37F4N3O7S/c1-30(2,3)48(44)40-31(4)18-46-28-23(31)16-26(39-27(28)19-5-8-21(34)9-6-19)32(43,33(35,36)37)17-38-29(42)20-7-12-24(45-14-13-41)25(15-20)47-22-10-11-22/h5-9,12,15-16,22,40-41,43H,10-11,13-14,17-18H2,1-4H3,(H,38,42)/t31-,32?,48?/m1/s1. The van der Waals surface area contributed by atoms with Crippen molar-refractivity contribution in [2.24, 2.45) is 0 Å². The number of hydrogen-bond donors (Lipinski definition) is 4. The van der Waals surface area contributed by atoms with Crippen LogP contribution in [-0.2, 0) is 22.1 Å². The second kappa shape index (κ2) is 13.3. The number of aliphatic hydroxyl groups excluding tert-OH is 1. The van der Waals surface area contributed by atoms with Gasteiger partial charge >= 0.3 is 6.18 Å². The number of fused-ring (bicyclic) bond motifs is 1. The van der Waals surface area contributed by atoms with E-state index in [1.807, 2.05) is 0 Å². The lowest BCUT2D eigenvalue weighted by molar-refractivity contribution is -0.265. The third kappa shape index (κ3) is 7.43. The highest BCUT2D eigenvalue weighted by molar-refractivity contribution is 7.84. The largest absolute Gasteiger partial charge is 0.489 e. The van der Waals surface area contributed by atoms with E-state index < -0.39 is 57.0 Å². The van der Waals surface area contributed by atoms with Crippen molar-refractivity contribution in [3.8, 4) is 28.5 Å². The number of halogens is 4. The first kappa shape index (κ1) is 35.5. The van der Waals surface area contributed by atoms with Gasteiger partial charge in [0.15, 0.2) is 17.2 Å². The Morgan fingerprint density at radius 1 is 1.10 bits per heavy atom. The van der Waals surface area contributed by atoms with E-state index in [2.05, 4.69) is 15.0 Å². The van der Waals surface area contributed by atoms with Crippen LogP contribution in [0.5, 0.6) is 17.2 Å². The molecule has 1 fully saturated rings. The van der Waals surface area contributed by atoms with Gasteiger partial charge in [0.05, 0.1) is 46.2 Å². The highest BCUT2D eigenvalue weighted by Gasteiger charge is 2.57. The number of nitrogens with one attached hydrogen (secondary N) is 2. The molecule has 48 heavy (non-hydrogen) atoms. The van der Waals surface area contributed by atoms with E-state index in [9.17, 15) is 31.7 Å². The maximum atomic E-state index is 14.9. The molecule has 1 amide bonds. The molecule has 0 radical (unpaired) electrons. The Labute approximate surface area is 277 Å². The summed E-state index contributed by atoms with van der Waals surface area (Å²) < 4.78 is 91.0. The molecule has 2 aliphatic rings. The summed E-state index contributed by atoms with van der Waals surface area (Å²) in [5.41, 5.74) is -5.68. The van der Waals surface area contributed by atoms with Crippen molar-refractivity contribution in [2.75, 3.05) is 26.4 Å². The van der Waals surface area contributed by atoms with Crippen molar-refractivity contribution >= 4 is 16.9 Å². The number of rotatable bonds is 12. The van der Waals surface area contributed by atoms with Crippen LogP contribution in [0.3, 0.4) is 0 Å². The monoisotopic (exact) mass is 695 g/mol. The van der Waals surface area contributed by atoms with Gasteiger partial charge in [0.1, 0.15) is 24.7 Å². The van der Waals surface area contributed by atoms with Crippen LogP contribution < -0.4 is 24.2 Å². The zero-order valence-corrected chi connectivity index (χ0v) is 27.6. The van der Waals surface area contributed by atoms with E-state index >= 15 is 0 Å². The lowest BCUT2D eigenvalue weighted by Crippen LogP contribution is -2.52. The number of nitrogens with zero attached hydrogens (tertiary/aromatic N) is 1. The average Bonchev–Trinajstić information content (AvgIpc) is 3.78. The Balaban J connectivity index is 1.53. The van der Waals surface area contributed by atoms with E-state index in [1.54, 1.807) is 27.7 Å². The van der Waals surface area contributed by atoms with Gasteiger partial charge in [-0.25, -0.2) is 18.3 Å². The molecule has 0 bridgehead atoms. The summed E-state index contributed by atoms with van der Waals surface area (Å²) in [7, 11) is -1.68. The lowest BCUT2D eigenvalue weighted by Gasteiger charge is -2.32. The summed E-state index contributed by atoms with van der Waals surface area (Å²) >= 11 is 0. The molecule has 15 heteroatoms. The maximum absolute atomic E-state index is 14.9. The number of aliphatic hydroxyl groups is 2. The predicted octanol–water partition coefficient (Wildman–Crippen LogP) is 4.64. The Morgan fingerprint density at radius 3 is 2.40 bits per heavy atom. The highest BCUT2D eigenvalue weighted by Crippen LogP contribution is 2.47. The van der Waals surface area contributed by atoms with Gasteiger partial charge in [-0.15, -0.1) is 0 Å². The van der Waals surface area contributed by atoms with Gasteiger partial charge < -0.3 is 29.7 Å². The molecule has 2 heterocycles. The first-order valence-corrected chi connectivity index (χ1v) is 16.4. The van der Waals surface area contributed by atoms with E-state index in [0.29, 0.717) is 0 Å². The van der Waals surface area contributed by atoms with Crippen LogP contribution in [0, 0.1) is 5.82 Å². The molecule has 10 nitrogen and oxygen atoms in total. The van der Waals surface area contributed by atoms with Gasteiger partial charge in [0.2, 0.25) is 5.60 Å². The van der Waals surface area contributed by atoms with E-state index in [4.69, 9.17) is 19.3 Å². The molecule has 3 atom stereocenters. The molecule has 260 valence electrons. The summed E-state index contributed by atoms with van der Waals surface area (Å²) in [6, 6.07) is 9.90. The number of benzene rings is 2. The molecule has 1 aromatic heterocycles. The quantitative estimate of drug-likeness (QED) is 0.201. The molecule has 2 aromatic carbocycles. The van der Waals surface area contributed by atoms with Gasteiger partial charge in [0.25, 0.3) is 5.91 Å². The van der Waals surface area contributed by atoms with Crippen molar-refractivity contribution in [1.82, 2.24) is 15.0 Å². The second-order valence-corrected chi connectivity index (χ2v) is 14.9. The van der Waals surface area contributed by atoms with Crippen molar-refractivity contribution in [3.63, 3.8) is 0 Å². The van der Waals surface area contributed by atoms with Crippen molar-refractivity contribution < 1.29 is 51.0 Å². The van der Waals surface area contributed by atoms with Crippen LogP contribution >= 0.6 is 0 Å². The van der Waals surface area contributed by atoms with Gasteiger partial charge in [0, 0.05) is 16.7 Å². The fourth-order valence-corrected chi connectivity index (χ4v) is 5.75. The second-order valence-electron chi connectivity index (χ2n) is 12.9. The number of amides is 1. The molecule has 1 aliphatic carbocycles. The van der Waals surface area contributed by atoms with Crippen LogP contribution in [0.15, 0.2) is 48.5 Å². The van der Waals surface area contributed by atoms with E-state index in [1.165, 1.54) is 30.3 Å². The van der Waals surface area contributed by atoms with Crippen molar-refractivity contribution in [3.05, 3.63) is 71.2 Å². The molecule has 3 aromatic rings. The minimum atomic E-state index is -5.35. The summed E-state index contributed by atoms with van der Waals surface area (Å²) in [5.74, 6) is -1.02. The van der Waals surface area contributed by atoms with E-state index in [0.717, 1.165) is 31.0 Å². The van der Waals surface area contributed by atoms with Gasteiger partial charge in [-0.1, -0.05) is 0 Å². The van der Waals surface area contributed by atoms with E-state index in [-0.39, 0.29) is 65.6 Å². The fraction of sp³-hybridized carbons (Fsp3) is 0.455. The molecule has 0 spiro atoms. The molecule has 5 rings (SSSR count). The average molecular weight is 696 g/mol. The predicted molar refractivity (Wildman–Crippen MR) is 168 cm³/mol. The zero-order valence-electron chi connectivity index (χ0n) is 26.7. The van der Waals surface area contributed by atoms with Crippen molar-refractivity contribution in [2.45, 2.75) is 68.7 Å². The van der Waals surface area contributed by atoms with Crippen molar-refractivity contribution in [1.29, 1.82) is 0 Å². The summed E-state index contributed by atoms with van der Waals surface area (Å²) in [4.78, 5) is 17.4. The number of pyridine rings is 1. The fourth-order valence-electron chi connectivity index (χ4n) is 4.87. The SMILES string of the molecule is CC(C)(C)S(=O)N[C@]1(C)COc2c1cc(C(O)(CNC(=O)c1ccc(OCCO)c(OC3CC3)c1)C(F)(F)F)nc2-c1ccc(F)cc1. The number of carbonyl (C=O) groups is 1. The van der Waals surface area contributed by atoms with Crippen LogP contribution in [-0.4, -0.2) is 68.7 Å². The number of aromatic nitrogens is 1. The lowest BCUT2D eigenvalue weighted by atomic mass is 9.89. The Bertz CT molecular complexity index is 1700. The molecule has 4 N–H and O–H groups in total. The number of carbonyl (C=O) groups excluding carboxylic acids is 1. The Kier molecular flexibility index (Phi) is 9.81. The summed E-state index contributed by atoms with van der Waals surface area (Å²) in [6.45, 7) is 5.00. The minimum Gasteiger partial charge on any atom is -0.489 e. The Morgan fingerprint density at radius 2 is 1.79 bits per heavy atom. The van der Waals surface area contributed by atoms with Gasteiger partial charge in [-0.2, -0.15) is 13.2 Å². The molecule has 0 saturated heterocycles. The first-order valence-electron chi connectivity index (χ1n) is 15.2. The first-order chi connectivity index (χ1) is 22.4. The minimum absolute atomic E-state index is 0.0371. The highest BCUT2D eigenvalue weighted by atomic mass is 32.2. The smallest absolute Gasteiger partial charge is 0.424 e. The molecule has 1 saturated carbocycles. The normalized spacial score (nSPS) is 19.5. The third-order valence-electron chi connectivity index (χ3n) is 7.83. The van der Waals surface area contributed by atoms with Gasteiger partial charge in [-0.05, 0) is 89.1 Å². The number of hydrogen-bond acceptors (Lipinski definition) is 8. The third-order valence-corrected chi connectivity index (χ3v) is 9.58. The van der Waals surface area contributed by atoms with Crippen LogP contribution in [0.25, 0.3) is 11.3 Å². The molecule has 1 aliphatic heterocycles. The molecular weight excluding hydrogens is 658 g/mol. The number of alkyl halides is 3.